The summed E-state index contributed by atoms with van der Waals surface area (Å²) in [5, 5.41) is 26.1. The summed E-state index contributed by atoms with van der Waals surface area (Å²) in [6.07, 6.45) is 0. The van der Waals surface area contributed by atoms with Gasteiger partial charge >= 0.3 is 0 Å². The van der Waals surface area contributed by atoms with Gasteiger partial charge in [-0.15, -0.1) is 0 Å². The summed E-state index contributed by atoms with van der Waals surface area (Å²) in [5.41, 5.74) is 4.21. The number of nitrogens with one attached hydrogen (secondary N) is 2. The van der Waals surface area contributed by atoms with Crippen LogP contribution in [0.5, 0.6) is 11.5 Å². The molecule has 114 valence electrons. The average Bonchev–Trinajstić information content (AvgIpc) is 2.47. The summed E-state index contributed by atoms with van der Waals surface area (Å²) in [6, 6.07) is 9.94. The third kappa shape index (κ3) is 4.16. The summed E-state index contributed by atoms with van der Waals surface area (Å²) in [7, 11) is 0. The molecule has 0 radical (unpaired) electrons. The number of halogens is 1. The van der Waals surface area contributed by atoms with E-state index in [1.165, 1.54) is 24.3 Å². The van der Waals surface area contributed by atoms with E-state index < -0.39 is 0 Å². The van der Waals surface area contributed by atoms with Crippen LogP contribution in [-0.4, -0.2) is 21.0 Å². The number of hydrogen-bond donors (Lipinski definition) is 4. The standard InChI is InChI=1S/C15H14FN3O2S/c1-9(13-7-6-12(20)8-14(13)21)18-19-15(22)17-11-4-2-10(16)3-5-11/h2-8,20-21H,1H3,(H2,17,19,22)/b18-9+. The van der Waals surface area contributed by atoms with Gasteiger partial charge in [-0.25, -0.2) is 4.39 Å². The Balaban J connectivity index is 2.00. The number of phenols is 2. The van der Waals surface area contributed by atoms with E-state index in [9.17, 15) is 14.6 Å². The van der Waals surface area contributed by atoms with Crippen LogP contribution < -0.4 is 10.7 Å². The number of rotatable bonds is 3. The van der Waals surface area contributed by atoms with E-state index in [1.54, 1.807) is 25.1 Å². The lowest BCUT2D eigenvalue weighted by Crippen LogP contribution is -2.24. The SMILES string of the molecule is C/C(=N\NC(=S)Nc1ccc(F)cc1)c1ccc(O)cc1O. The second-order valence-corrected chi connectivity index (χ2v) is 4.88. The number of thiocarbonyl (C=S) groups is 1. The van der Waals surface area contributed by atoms with E-state index in [0.717, 1.165) is 0 Å². The fourth-order valence-corrected chi connectivity index (χ4v) is 1.88. The Morgan fingerprint density at radius 3 is 2.45 bits per heavy atom. The monoisotopic (exact) mass is 319 g/mol. The van der Waals surface area contributed by atoms with Crippen molar-refractivity contribution in [3.05, 3.63) is 53.8 Å². The summed E-state index contributed by atoms with van der Waals surface area (Å²) in [5.74, 6) is -0.447. The van der Waals surface area contributed by atoms with E-state index in [2.05, 4.69) is 15.8 Å². The molecule has 4 N–H and O–H groups in total. The Morgan fingerprint density at radius 1 is 1.14 bits per heavy atom. The zero-order valence-electron chi connectivity index (χ0n) is 11.7. The van der Waals surface area contributed by atoms with Gasteiger partial charge in [-0.1, -0.05) is 0 Å². The summed E-state index contributed by atoms with van der Waals surface area (Å²) in [4.78, 5) is 0. The quantitative estimate of drug-likeness (QED) is 0.397. The molecule has 0 aliphatic rings. The van der Waals surface area contributed by atoms with Gasteiger partial charge in [0.2, 0.25) is 0 Å². The van der Waals surface area contributed by atoms with Gasteiger partial charge in [0.25, 0.3) is 0 Å². The predicted molar refractivity (Wildman–Crippen MR) is 87.7 cm³/mol. The molecular formula is C15H14FN3O2S. The first kappa shape index (κ1) is 15.7. The predicted octanol–water partition coefficient (Wildman–Crippen LogP) is 2.95. The molecule has 2 aromatic rings. The molecule has 0 fully saturated rings. The van der Waals surface area contributed by atoms with E-state index in [1.807, 2.05) is 0 Å². The first-order valence-electron chi connectivity index (χ1n) is 6.35. The minimum Gasteiger partial charge on any atom is -0.508 e. The van der Waals surface area contributed by atoms with Crippen molar-refractivity contribution in [3.8, 4) is 11.5 Å². The Morgan fingerprint density at radius 2 is 1.82 bits per heavy atom. The lowest BCUT2D eigenvalue weighted by molar-refractivity contribution is 0.450. The van der Waals surface area contributed by atoms with Crippen LogP contribution in [0.3, 0.4) is 0 Å². The zero-order chi connectivity index (χ0) is 16.1. The second kappa shape index (κ2) is 6.86. The lowest BCUT2D eigenvalue weighted by Gasteiger charge is -2.09. The normalized spacial score (nSPS) is 11.1. The Kier molecular flexibility index (Phi) is 4.90. The second-order valence-electron chi connectivity index (χ2n) is 4.47. The van der Waals surface area contributed by atoms with Gasteiger partial charge in [0.05, 0.1) is 5.71 Å². The van der Waals surface area contributed by atoms with Crippen LogP contribution in [0.4, 0.5) is 10.1 Å². The summed E-state index contributed by atoms with van der Waals surface area (Å²) >= 11 is 5.07. The smallest absolute Gasteiger partial charge is 0.191 e. The highest BCUT2D eigenvalue weighted by atomic mass is 32.1. The van der Waals surface area contributed by atoms with E-state index in [-0.39, 0.29) is 22.4 Å². The van der Waals surface area contributed by atoms with Crippen LogP contribution in [0.2, 0.25) is 0 Å². The van der Waals surface area contributed by atoms with E-state index in [0.29, 0.717) is 17.0 Å². The maximum atomic E-state index is 12.8. The number of anilines is 1. The molecule has 0 saturated carbocycles. The van der Waals surface area contributed by atoms with Gasteiger partial charge in [-0.3, -0.25) is 5.43 Å². The van der Waals surface area contributed by atoms with Crippen molar-refractivity contribution in [1.29, 1.82) is 0 Å². The molecule has 0 atom stereocenters. The number of aromatic hydroxyl groups is 2. The van der Waals surface area contributed by atoms with Crippen molar-refractivity contribution in [2.24, 2.45) is 5.10 Å². The van der Waals surface area contributed by atoms with Gasteiger partial charge < -0.3 is 15.5 Å². The van der Waals surface area contributed by atoms with Gasteiger partial charge in [-0.2, -0.15) is 5.10 Å². The summed E-state index contributed by atoms with van der Waals surface area (Å²) in [6.45, 7) is 1.68. The van der Waals surface area contributed by atoms with Crippen molar-refractivity contribution in [3.63, 3.8) is 0 Å². The molecule has 0 unspecified atom stereocenters. The molecule has 0 spiro atoms. The Bertz CT molecular complexity index is 717. The van der Waals surface area contributed by atoms with Crippen molar-refractivity contribution >= 4 is 28.7 Å². The highest BCUT2D eigenvalue weighted by Crippen LogP contribution is 2.22. The van der Waals surface area contributed by atoms with Gasteiger partial charge in [-0.05, 0) is 55.5 Å². The lowest BCUT2D eigenvalue weighted by atomic mass is 10.1. The van der Waals surface area contributed by atoms with Crippen molar-refractivity contribution < 1.29 is 14.6 Å². The van der Waals surface area contributed by atoms with Crippen LogP contribution in [0.1, 0.15) is 12.5 Å². The van der Waals surface area contributed by atoms with Gasteiger partial charge in [0.15, 0.2) is 5.11 Å². The number of nitrogens with zero attached hydrogens (tertiary/aromatic N) is 1. The summed E-state index contributed by atoms with van der Waals surface area (Å²) < 4.78 is 12.8. The fraction of sp³-hybridized carbons (Fsp3) is 0.0667. The van der Waals surface area contributed by atoms with Crippen LogP contribution in [0, 0.1) is 5.82 Å². The topological polar surface area (TPSA) is 76.9 Å². The molecule has 2 rings (SSSR count). The minimum absolute atomic E-state index is 0.0319. The van der Waals surface area contributed by atoms with E-state index >= 15 is 0 Å². The molecule has 0 saturated heterocycles. The van der Waals surface area contributed by atoms with Crippen LogP contribution in [0.25, 0.3) is 0 Å². The molecule has 2 aromatic carbocycles. The molecule has 0 amide bonds. The Hall–Kier alpha value is -2.67. The molecular weight excluding hydrogens is 305 g/mol. The molecule has 0 aromatic heterocycles. The first-order chi connectivity index (χ1) is 10.5. The average molecular weight is 319 g/mol. The maximum Gasteiger partial charge on any atom is 0.191 e. The molecule has 5 nitrogen and oxygen atoms in total. The highest BCUT2D eigenvalue weighted by Gasteiger charge is 2.06. The number of hydrogen-bond acceptors (Lipinski definition) is 4. The van der Waals surface area contributed by atoms with Gasteiger partial charge in [0, 0.05) is 17.3 Å². The number of phenolic OH excluding ortho intramolecular Hbond substituents is 2. The van der Waals surface area contributed by atoms with Crippen LogP contribution >= 0.6 is 12.2 Å². The molecule has 0 aliphatic heterocycles. The first-order valence-corrected chi connectivity index (χ1v) is 6.76. The molecule has 0 aliphatic carbocycles. The maximum absolute atomic E-state index is 12.8. The molecule has 22 heavy (non-hydrogen) atoms. The number of hydrazone groups is 1. The van der Waals surface area contributed by atoms with E-state index in [4.69, 9.17) is 12.2 Å². The Labute approximate surface area is 132 Å². The van der Waals surface area contributed by atoms with Gasteiger partial charge in [0.1, 0.15) is 17.3 Å². The fourth-order valence-electron chi connectivity index (χ4n) is 1.71. The van der Waals surface area contributed by atoms with Crippen LogP contribution in [-0.2, 0) is 0 Å². The highest BCUT2D eigenvalue weighted by molar-refractivity contribution is 7.80. The third-order valence-electron chi connectivity index (χ3n) is 2.80. The minimum atomic E-state index is -0.332. The largest absolute Gasteiger partial charge is 0.508 e. The molecule has 7 heteroatoms. The van der Waals surface area contributed by atoms with Crippen molar-refractivity contribution in [2.75, 3.05) is 5.32 Å². The molecule has 0 heterocycles. The third-order valence-corrected chi connectivity index (χ3v) is 2.99. The van der Waals surface area contributed by atoms with Crippen molar-refractivity contribution in [1.82, 2.24) is 5.43 Å². The van der Waals surface area contributed by atoms with Crippen molar-refractivity contribution in [2.45, 2.75) is 6.92 Å². The molecule has 0 bridgehead atoms. The zero-order valence-corrected chi connectivity index (χ0v) is 12.5. The number of benzene rings is 2. The van der Waals surface area contributed by atoms with Crippen LogP contribution in [0.15, 0.2) is 47.6 Å².